The predicted octanol–water partition coefficient (Wildman–Crippen LogP) is 2.73. The molecule has 1 amide bonds. The van der Waals surface area contributed by atoms with Crippen molar-refractivity contribution in [2.75, 3.05) is 17.7 Å². The van der Waals surface area contributed by atoms with Crippen LogP contribution in [0.3, 0.4) is 0 Å². The molecule has 0 radical (unpaired) electrons. The summed E-state index contributed by atoms with van der Waals surface area (Å²) < 4.78 is 18.4. The molecule has 0 heterocycles. The fourth-order valence-electron chi connectivity index (χ4n) is 1.65. The van der Waals surface area contributed by atoms with Gasteiger partial charge in [0.25, 0.3) is 5.91 Å². The van der Waals surface area contributed by atoms with E-state index in [0.717, 1.165) is 17.3 Å². The van der Waals surface area contributed by atoms with E-state index in [-0.39, 0.29) is 24.0 Å². The van der Waals surface area contributed by atoms with Gasteiger partial charge in [-0.2, -0.15) is 0 Å². The van der Waals surface area contributed by atoms with Crippen LogP contribution in [-0.4, -0.2) is 12.5 Å². The van der Waals surface area contributed by atoms with Gasteiger partial charge in [-0.05, 0) is 30.7 Å². The van der Waals surface area contributed by atoms with E-state index in [9.17, 15) is 9.18 Å². The van der Waals surface area contributed by atoms with Crippen LogP contribution in [0.5, 0.6) is 5.75 Å². The summed E-state index contributed by atoms with van der Waals surface area (Å²) in [6, 6.07) is 11.5. The maximum atomic E-state index is 13.2. The van der Waals surface area contributed by atoms with Gasteiger partial charge in [-0.25, -0.2) is 4.39 Å². The van der Waals surface area contributed by atoms with Crippen molar-refractivity contribution >= 4 is 17.3 Å². The number of carbonyl (C=O) groups is 1. The Balaban J connectivity index is 1.92. The Morgan fingerprint density at radius 2 is 2.05 bits per heavy atom. The number of carbonyl (C=O) groups excluding carboxylic acids is 1. The Morgan fingerprint density at radius 3 is 2.75 bits per heavy atom. The van der Waals surface area contributed by atoms with E-state index in [1.54, 1.807) is 6.07 Å². The molecule has 0 bridgehead atoms. The third kappa shape index (κ3) is 3.47. The van der Waals surface area contributed by atoms with Gasteiger partial charge >= 0.3 is 0 Å². The molecule has 0 aliphatic rings. The number of nitrogens with one attached hydrogen (secondary N) is 1. The van der Waals surface area contributed by atoms with E-state index in [4.69, 9.17) is 10.5 Å². The standard InChI is InChI=1S/C15H15FN2O2/c1-10-4-2-3-5-14(10)18-15(19)9-20-11-6-7-13(17)12(16)8-11/h2-8H,9,17H2,1H3,(H,18,19). The molecule has 0 atom stereocenters. The molecule has 5 heteroatoms. The number of aryl methyl sites for hydroxylation is 1. The van der Waals surface area contributed by atoms with E-state index in [1.165, 1.54) is 12.1 Å². The average molecular weight is 274 g/mol. The lowest BCUT2D eigenvalue weighted by atomic mass is 10.2. The zero-order chi connectivity index (χ0) is 14.5. The molecule has 2 rings (SSSR count). The lowest BCUT2D eigenvalue weighted by molar-refractivity contribution is -0.118. The monoisotopic (exact) mass is 274 g/mol. The van der Waals surface area contributed by atoms with Gasteiger partial charge in [0, 0.05) is 11.8 Å². The molecule has 2 aromatic rings. The van der Waals surface area contributed by atoms with Crippen LogP contribution in [0, 0.1) is 12.7 Å². The molecule has 0 saturated carbocycles. The minimum atomic E-state index is -0.568. The average Bonchev–Trinajstić information content (AvgIpc) is 2.43. The van der Waals surface area contributed by atoms with E-state index in [0.29, 0.717) is 0 Å². The summed E-state index contributed by atoms with van der Waals surface area (Å²) in [5.41, 5.74) is 7.08. The van der Waals surface area contributed by atoms with Crippen LogP contribution in [0.2, 0.25) is 0 Å². The summed E-state index contributed by atoms with van der Waals surface area (Å²) >= 11 is 0. The number of halogens is 1. The van der Waals surface area contributed by atoms with Crippen molar-refractivity contribution in [2.24, 2.45) is 0 Å². The Kier molecular flexibility index (Phi) is 4.20. The molecule has 104 valence electrons. The number of nitrogen functional groups attached to an aromatic ring is 1. The lowest BCUT2D eigenvalue weighted by Gasteiger charge is -2.09. The summed E-state index contributed by atoms with van der Waals surface area (Å²) in [5.74, 6) is -0.616. The minimum absolute atomic E-state index is 0.0433. The number of ether oxygens (including phenoxy) is 1. The Labute approximate surface area is 116 Å². The highest BCUT2D eigenvalue weighted by Gasteiger charge is 2.06. The van der Waals surface area contributed by atoms with Gasteiger partial charge < -0.3 is 15.8 Å². The number of anilines is 2. The molecule has 0 aliphatic heterocycles. The van der Waals surface area contributed by atoms with E-state index < -0.39 is 5.82 Å². The van der Waals surface area contributed by atoms with E-state index in [1.807, 2.05) is 25.1 Å². The smallest absolute Gasteiger partial charge is 0.262 e. The predicted molar refractivity (Wildman–Crippen MR) is 76.1 cm³/mol. The largest absolute Gasteiger partial charge is 0.484 e. The molecule has 0 aromatic heterocycles. The molecule has 2 aromatic carbocycles. The van der Waals surface area contributed by atoms with Crippen LogP contribution in [0.1, 0.15) is 5.56 Å². The second-order valence-electron chi connectivity index (χ2n) is 4.34. The maximum Gasteiger partial charge on any atom is 0.262 e. The molecular weight excluding hydrogens is 259 g/mol. The molecule has 3 N–H and O–H groups in total. The molecular formula is C15H15FN2O2. The summed E-state index contributed by atoms with van der Waals surface area (Å²) in [6.45, 7) is 1.70. The van der Waals surface area contributed by atoms with Gasteiger partial charge in [-0.3, -0.25) is 4.79 Å². The zero-order valence-corrected chi connectivity index (χ0v) is 11.0. The zero-order valence-electron chi connectivity index (χ0n) is 11.0. The molecule has 4 nitrogen and oxygen atoms in total. The number of benzene rings is 2. The van der Waals surface area contributed by atoms with Crippen molar-refractivity contribution in [3.05, 3.63) is 53.8 Å². The molecule has 0 aliphatic carbocycles. The number of hydrogen-bond acceptors (Lipinski definition) is 3. The van der Waals surface area contributed by atoms with Crippen molar-refractivity contribution in [3.8, 4) is 5.75 Å². The number of nitrogens with two attached hydrogens (primary N) is 1. The van der Waals surface area contributed by atoms with Crippen LogP contribution in [0.25, 0.3) is 0 Å². The second-order valence-corrected chi connectivity index (χ2v) is 4.34. The molecule has 0 fully saturated rings. The third-order valence-electron chi connectivity index (χ3n) is 2.76. The topological polar surface area (TPSA) is 64.3 Å². The highest BCUT2D eigenvalue weighted by atomic mass is 19.1. The van der Waals surface area contributed by atoms with Gasteiger partial charge in [0.15, 0.2) is 6.61 Å². The maximum absolute atomic E-state index is 13.2. The number of hydrogen-bond donors (Lipinski definition) is 2. The Bertz CT molecular complexity index is 629. The molecule has 0 unspecified atom stereocenters. The van der Waals surface area contributed by atoms with Crippen molar-refractivity contribution in [1.29, 1.82) is 0 Å². The third-order valence-corrected chi connectivity index (χ3v) is 2.76. The van der Waals surface area contributed by atoms with Crippen LogP contribution in [0.4, 0.5) is 15.8 Å². The van der Waals surface area contributed by atoms with Gasteiger partial charge in [-0.1, -0.05) is 18.2 Å². The Hall–Kier alpha value is -2.56. The van der Waals surface area contributed by atoms with E-state index >= 15 is 0 Å². The Morgan fingerprint density at radius 1 is 1.30 bits per heavy atom. The van der Waals surface area contributed by atoms with Gasteiger partial charge in [0.05, 0.1) is 5.69 Å². The van der Waals surface area contributed by atoms with E-state index in [2.05, 4.69) is 5.32 Å². The SMILES string of the molecule is Cc1ccccc1NC(=O)COc1ccc(N)c(F)c1. The van der Waals surface area contributed by atoms with Gasteiger partial charge in [0.2, 0.25) is 0 Å². The van der Waals surface area contributed by atoms with Crippen molar-refractivity contribution in [1.82, 2.24) is 0 Å². The molecule has 0 spiro atoms. The summed E-state index contributed by atoms with van der Waals surface area (Å²) in [5, 5.41) is 2.72. The summed E-state index contributed by atoms with van der Waals surface area (Å²) in [4.78, 5) is 11.7. The highest BCUT2D eigenvalue weighted by Crippen LogP contribution is 2.18. The van der Waals surface area contributed by atoms with Crippen molar-refractivity contribution < 1.29 is 13.9 Å². The first-order valence-corrected chi connectivity index (χ1v) is 6.09. The van der Waals surface area contributed by atoms with Crippen molar-refractivity contribution in [2.45, 2.75) is 6.92 Å². The molecule has 20 heavy (non-hydrogen) atoms. The first kappa shape index (κ1) is 13.9. The quantitative estimate of drug-likeness (QED) is 0.842. The highest BCUT2D eigenvalue weighted by molar-refractivity contribution is 5.92. The van der Waals surface area contributed by atoms with Crippen LogP contribution < -0.4 is 15.8 Å². The molecule has 0 saturated heterocycles. The van der Waals surface area contributed by atoms with Crippen molar-refractivity contribution in [3.63, 3.8) is 0 Å². The second kappa shape index (κ2) is 6.06. The fraction of sp³-hybridized carbons (Fsp3) is 0.133. The summed E-state index contributed by atoms with van der Waals surface area (Å²) in [6.07, 6.45) is 0. The first-order chi connectivity index (χ1) is 9.56. The first-order valence-electron chi connectivity index (χ1n) is 6.09. The normalized spacial score (nSPS) is 10.1. The number of amides is 1. The van der Waals surface area contributed by atoms with Gasteiger partial charge in [-0.15, -0.1) is 0 Å². The van der Waals surface area contributed by atoms with Gasteiger partial charge in [0.1, 0.15) is 11.6 Å². The minimum Gasteiger partial charge on any atom is -0.484 e. The fourth-order valence-corrected chi connectivity index (χ4v) is 1.65. The van der Waals surface area contributed by atoms with Crippen LogP contribution in [0.15, 0.2) is 42.5 Å². The number of para-hydroxylation sites is 1. The number of rotatable bonds is 4. The summed E-state index contributed by atoms with van der Waals surface area (Å²) in [7, 11) is 0. The lowest BCUT2D eigenvalue weighted by Crippen LogP contribution is -2.20. The van der Waals surface area contributed by atoms with Crippen LogP contribution in [-0.2, 0) is 4.79 Å². The van der Waals surface area contributed by atoms with Crippen LogP contribution >= 0.6 is 0 Å².